The van der Waals surface area contributed by atoms with Crippen LogP contribution in [0.2, 0.25) is 5.02 Å². The second-order valence-corrected chi connectivity index (χ2v) is 8.84. The van der Waals surface area contributed by atoms with Crippen LogP contribution in [0.5, 0.6) is 0 Å². The zero-order chi connectivity index (χ0) is 18.9. The Morgan fingerprint density at radius 2 is 1.96 bits per heavy atom. The van der Waals surface area contributed by atoms with Crippen molar-refractivity contribution in [3.63, 3.8) is 0 Å². The molecule has 1 aliphatic heterocycles. The smallest absolute Gasteiger partial charge is 0.243 e. The van der Waals surface area contributed by atoms with Gasteiger partial charge in [0.25, 0.3) is 0 Å². The summed E-state index contributed by atoms with van der Waals surface area (Å²) in [4.78, 5) is 1.90. The molecule has 1 unspecified atom stereocenters. The van der Waals surface area contributed by atoms with Gasteiger partial charge in [-0.1, -0.05) is 23.7 Å². The second kappa shape index (κ2) is 7.60. The number of sulfonamides is 1. The molecular formula is C18H19ClF2N2O2S. The first-order valence-electron chi connectivity index (χ1n) is 8.17. The van der Waals surface area contributed by atoms with Crippen LogP contribution in [-0.4, -0.2) is 43.8 Å². The van der Waals surface area contributed by atoms with Crippen LogP contribution in [-0.2, 0) is 16.6 Å². The molecule has 2 aromatic rings. The van der Waals surface area contributed by atoms with E-state index in [0.717, 1.165) is 30.3 Å². The van der Waals surface area contributed by atoms with Gasteiger partial charge in [-0.05, 0) is 42.3 Å². The highest BCUT2D eigenvalue weighted by Gasteiger charge is 2.33. The molecule has 1 heterocycles. The molecule has 0 N–H and O–H groups in total. The standard InChI is InChI=1S/C18H19ClF2N2O2S/c1-22(26(24,25)16-5-6-17(20)18(21)10-16)15-7-8-23(12-15)11-13-3-2-4-14(19)9-13/h2-6,9-10,15H,7-8,11-12H2,1H3. The fourth-order valence-electron chi connectivity index (χ4n) is 3.15. The molecule has 0 saturated carbocycles. The molecule has 8 heteroatoms. The molecule has 0 aromatic heterocycles. The average molecular weight is 401 g/mol. The maximum Gasteiger partial charge on any atom is 0.243 e. The van der Waals surface area contributed by atoms with Crippen molar-refractivity contribution in [3.8, 4) is 0 Å². The average Bonchev–Trinajstić information content (AvgIpc) is 3.04. The van der Waals surface area contributed by atoms with Gasteiger partial charge in [0.2, 0.25) is 10.0 Å². The molecule has 0 bridgehead atoms. The highest BCUT2D eigenvalue weighted by Crippen LogP contribution is 2.24. The van der Waals surface area contributed by atoms with Gasteiger partial charge in [-0.25, -0.2) is 17.2 Å². The predicted molar refractivity (Wildman–Crippen MR) is 96.4 cm³/mol. The molecule has 0 radical (unpaired) electrons. The van der Waals surface area contributed by atoms with E-state index >= 15 is 0 Å². The van der Waals surface area contributed by atoms with Gasteiger partial charge >= 0.3 is 0 Å². The zero-order valence-electron chi connectivity index (χ0n) is 14.2. The van der Waals surface area contributed by atoms with Gasteiger partial charge in [-0.3, -0.25) is 4.90 Å². The first-order chi connectivity index (χ1) is 12.3. The Hall–Kier alpha value is -1.54. The Bertz CT molecular complexity index is 908. The third-order valence-corrected chi connectivity index (χ3v) is 6.77. The predicted octanol–water partition coefficient (Wildman–Crippen LogP) is 3.51. The number of hydrogen-bond donors (Lipinski definition) is 0. The van der Waals surface area contributed by atoms with E-state index in [1.165, 1.54) is 11.4 Å². The Balaban J connectivity index is 1.70. The van der Waals surface area contributed by atoms with Crippen LogP contribution in [0.15, 0.2) is 47.4 Å². The number of likely N-dealkylation sites (tertiary alicyclic amines) is 1. The maximum atomic E-state index is 13.4. The first-order valence-corrected chi connectivity index (χ1v) is 9.99. The Morgan fingerprint density at radius 3 is 2.65 bits per heavy atom. The van der Waals surface area contributed by atoms with E-state index in [9.17, 15) is 17.2 Å². The number of hydrogen-bond acceptors (Lipinski definition) is 3. The Kier molecular flexibility index (Phi) is 5.62. The summed E-state index contributed by atoms with van der Waals surface area (Å²) in [6.45, 7) is 1.98. The van der Waals surface area contributed by atoms with Crippen molar-refractivity contribution in [2.45, 2.75) is 23.9 Å². The number of likely N-dealkylation sites (N-methyl/N-ethyl adjacent to an activating group) is 1. The van der Waals surface area contributed by atoms with Crippen LogP contribution in [0, 0.1) is 11.6 Å². The molecule has 3 rings (SSSR count). The third kappa shape index (κ3) is 4.06. The fraction of sp³-hybridized carbons (Fsp3) is 0.333. The van der Waals surface area contributed by atoms with Gasteiger partial charge in [0.05, 0.1) is 4.90 Å². The largest absolute Gasteiger partial charge is 0.297 e. The number of rotatable bonds is 5. The van der Waals surface area contributed by atoms with Crippen LogP contribution < -0.4 is 0 Å². The van der Waals surface area contributed by atoms with Crippen molar-refractivity contribution in [3.05, 3.63) is 64.7 Å². The third-order valence-electron chi connectivity index (χ3n) is 4.62. The Labute approximate surface area is 157 Å². The number of nitrogens with zero attached hydrogens (tertiary/aromatic N) is 2. The van der Waals surface area contributed by atoms with Crippen molar-refractivity contribution in [1.82, 2.24) is 9.21 Å². The fourth-order valence-corrected chi connectivity index (χ4v) is 4.75. The molecule has 140 valence electrons. The quantitative estimate of drug-likeness (QED) is 0.771. The molecule has 26 heavy (non-hydrogen) atoms. The SMILES string of the molecule is CN(C1CCN(Cc2cccc(Cl)c2)C1)S(=O)(=O)c1ccc(F)c(F)c1. The summed E-state index contributed by atoms with van der Waals surface area (Å²) in [5, 5.41) is 0.663. The summed E-state index contributed by atoms with van der Waals surface area (Å²) in [6.07, 6.45) is 0.667. The van der Waals surface area contributed by atoms with E-state index in [-0.39, 0.29) is 10.9 Å². The van der Waals surface area contributed by atoms with Gasteiger partial charge in [-0.15, -0.1) is 0 Å². The van der Waals surface area contributed by atoms with Gasteiger partial charge in [0.1, 0.15) is 0 Å². The summed E-state index contributed by atoms with van der Waals surface area (Å²) in [5.41, 5.74) is 1.06. The lowest BCUT2D eigenvalue weighted by Crippen LogP contribution is -2.39. The van der Waals surface area contributed by atoms with Crippen molar-refractivity contribution in [2.24, 2.45) is 0 Å². The van der Waals surface area contributed by atoms with Crippen LogP contribution in [0.25, 0.3) is 0 Å². The highest BCUT2D eigenvalue weighted by atomic mass is 35.5. The monoisotopic (exact) mass is 400 g/mol. The van der Waals surface area contributed by atoms with Crippen LogP contribution in [0.1, 0.15) is 12.0 Å². The van der Waals surface area contributed by atoms with Crippen molar-refractivity contribution >= 4 is 21.6 Å². The summed E-state index contributed by atoms with van der Waals surface area (Å²) in [6, 6.07) is 9.95. The van der Waals surface area contributed by atoms with Crippen molar-refractivity contribution < 1.29 is 17.2 Å². The lowest BCUT2D eigenvalue weighted by molar-refractivity contribution is 0.298. The minimum Gasteiger partial charge on any atom is -0.297 e. The molecule has 1 aliphatic rings. The molecular weight excluding hydrogens is 382 g/mol. The molecule has 1 fully saturated rings. The molecule has 1 saturated heterocycles. The number of halogens is 3. The van der Waals surface area contributed by atoms with Gasteiger partial charge in [-0.2, -0.15) is 4.31 Å². The number of benzene rings is 2. The summed E-state index contributed by atoms with van der Waals surface area (Å²) in [7, 11) is -2.41. The minimum absolute atomic E-state index is 0.229. The highest BCUT2D eigenvalue weighted by molar-refractivity contribution is 7.89. The topological polar surface area (TPSA) is 40.6 Å². The molecule has 0 aliphatic carbocycles. The van der Waals surface area contributed by atoms with Gasteiger partial charge in [0, 0.05) is 37.7 Å². The van der Waals surface area contributed by atoms with Crippen molar-refractivity contribution in [1.29, 1.82) is 0 Å². The van der Waals surface area contributed by atoms with E-state index in [0.29, 0.717) is 24.5 Å². The lowest BCUT2D eigenvalue weighted by Gasteiger charge is -2.24. The van der Waals surface area contributed by atoms with E-state index in [1.54, 1.807) is 6.07 Å². The normalized spacial score (nSPS) is 18.6. The van der Waals surface area contributed by atoms with Crippen LogP contribution in [0.4, 0.5) is 8.78 Å². The lowest BCUT2D eigenvalue weighted by atomic mass is 10.2. The van der Waals surface area contributed by atoms with Crippen LogP contribution in [0.3, 0.4) is 0 Å². The Morgan fingerprint density at radius 1 is 1.19 bits per heavy atom. The van der Waals surface area contributed by atoms with Gasteiger partial charge < -0.3 is 0 Å². The first kappa shape index (κ1) is 19.2. The molecule has 0 spiro atoms. The van der Waals surface area contributed by atoms with Crippen molar-refractivity contribution in [2.75, 3.05) is 20.1 Å². The zero-order valence-corrected chi connectivity index (χ0v) is 15.8. The molecule has 2 aromatic carbocycles. The summed E-state index contributed by atoms with van der Waals surface area (Å²) >= 11 is 6.00. The van der Waals surface area contributed by atoms with Gasteiger partial charge in [0.15, 0.2) is 11.6 Å². The summed E-state index contributed by atoms with van der Waals surface area (Å²) < 4.78 is 53.1. The second-order valence-electron chi connectivity index (χ2n) is 6.40. The molecule has 1 atom stereocenters. The maximum absolute atomic E-state index is 13.4. The van der Waals surface area contributed by atoms with E-state index in [2.05, 4.69) is 4.90 Å². The summed E-state index contributed by atoms with van der Waals surface area (Å²) in [5.74, 6) is -2.24. The van der Waals surface area contributed by atoms with E-state index in [4.69, 9.17) is 11.6 Å². The molecule has 4 nitrogen and oxygen atoms in total. The molecule has 0 amide bonds. The van der Waals surface area contributed by atoms with E-state index < -0.39 is 21.7 Å². The van der Waals surface area contributed by atoms with Crippen LogP contribution >= 0.6 is 11.6 Å². The minimum atomic E-state index is -3.89. The van der Waals surface area contributed by atoms with E-state index in [1.807, 2.05) is 18.2 Å².